The molecular weight excluding hydrogens is 136 g/mol. The fourth-order valence-electron chi connectivity index (χ4n) is 0.534. The summed E-state index contributed by atoms with van der Waals surface area (Å²) in [5, 5.41) is 27.0. The molecule has 0 radical (unpaired) electrons. The minimum absolute atomic E-state index is 0.276. The van der Waals surface area contributed by atoms with Gasteiger partial charge in [0.05, 0.1) is 13.2 Å². The third kappa shape index (κ3) is 1.97. The summed E-state index contributed by atoms with van der Waals surface area (Å²) in [5.74, 6) is 0. The lowest BCUT2D eigenvalue weighted by Gasteiger charge is -2.16. The second kappa shape index (κ2) is 4.24. The quantitative estimate of drug-likeness (QED) is 0.218. The number of aldehydes is 1. The van der Waals surface area contributed by atoms with Crippen LogP contribution in [0.15, 0.2) is 0 Å². The van der Waals surface area contributed by atoms with Gasteiger partial charge in [0.15, 0.2) is 0 Å². The molecule has 0 rings (SSSR count). The molecule has 0 aliphatic carbocycles. The largest absolute Gasteiger partial charge is 0.463 e. The molecule has 0 heterocycles. The van der Waals surface area contributed by atoms with Gasteiger partial charge < -0.3 is 15.5 Å². The first kappa shape index (κ1) is 9.39. The first-order chi connectivity index (χ1) is 4.74. The van der Waals surface area contributed by atoms with Crippen LogP contribution in [0.2, 0.25) is 0 Å². The predicted molar refractivity (Wildman–Crippen MR) is 33.0 cm³/mol. The first-order valence-corrected chi connectivity index (χ1v) is 3.09. The first-order valence-electron chi connectivity index (χ1n) is 3.09. The van der Waals surface area contributed by atoms with Gasteiger partial charge in [0.2, 0.25) is 0 Å². The highest BCUT2D eigenvalue weighted by Crippen LogP contribution is 2.15. The highest BCUT2D eigenvalue weighted by atomic mass is 17.1. The van der Waals surface area contributed by atoms with Crippen LogP contribution in [0, 0.1) is 5.41 Å². The molecule has 0 spiro atoms. The molecule has 0 amide bonds. The summed E-state index contributed by atoms with van der Waals surface area (Å²) in [6, 6.07) is 0. The maximum Gasteiger partial charge on any atom is 0.329 e. The van der Waals surface area contributed by atoms with Crippen molar-refractivity contribution in [1.82, 2.24) is 0 Å². The molecule has 0 bridgehead atoms. The summed E-state index contributed by atoms with van der Waals surface area (Å²) < 4.78 is 3.48. The zero-order valence-corrected chi connectivity index (χ0v) is 5.91. The number of carbonyl (C=O) groups excluding carboxylic acids is 1. The summed E-state index contributed by atoms with van der Waals surface area (Å²) in [5.41, 5.74) is -0.873. The van der Waals surface area contributed by atoms with Crippen molar-refractivity contribution in [2.75, 3.05) is 13.2 Å². The molecular formula is C6H12O4. The Morgan fingerprint density at radius 1 is 1.50 bits per heavy atom. The molecule has 0 aliphatic heterocycles. The van der Waals surface area contributed by atoms with E-state index in [4.69, 9.17) is 10.2 Å². The van der Waals surface area contributed by atoms with E-state index in [0.717, 1.165) is 6.29 Å². The van der Waals surface area contributed by atoms with Gasteiger partial charge in [0.1, 0.15) is 5.41 Å². The van der Waals surface area contributed by atoms with Crippen molar-refractivity contribution < 1.29 is 20.0 Å². The molecule has 0 saturated carbocycles. The second-order valence-corrected chi connectivity index (χ2v) is 2.25. The van der Waals surface area contributed by atoms with Gasteiger partial charge in [-0.25, -0.2) is 0 Å². The zero-order valence-electron chi connectivity index (χ0n) is 5.91. The monoisotopic (exact) mass is 148 g/mol. The maximum atomic E-state index is 9.64. The lowest BCUT2D eigenvalue weighted by Crippen LogP contribution is -2.32. The molecule has 4 heteroatoms. The van der Waals surface area contributed by atoms with E-state index < -0.39 is 5.41 Å². The Morgan fingerprint density at radius 2 is 2.00 bits per heavy atom. The van der Waals surface area contributed by atoms with Crippen molar-refractivity contribution in [3.05, 3.63) is 0 Å². The number of rotatable bonds is 4. The Labute approximate surface area is 59.4 Å². The van der Waals surface area contributed by atoms with Gasteiger partial charge in [-0.2, -0.15) is 4.58 Å². The molecule has 10 heavy (non-hydrogen) atoms. The number of hydrogen-bond acceptors (Lipinski definition) is 3. The molecule has 60 valence electrons. The lowest BCUT2D eigenvalue weighted by molar-refractivity contribution is -1.05. The average molecular weight is 148 g/mol. The van der Waals surface area contributed by atoms with Crippen LogP contribution >= 0.6 is 0 Å². The van der Waals surface area contributed by atoms with Crippen molar-refractivity contribution in [3.8, 4) is 0 Å². The summed E-state index contributed by atoms with van der Waals surface area (Å²) in [4.78, 5) is 0. The normalized spacial score (nSPS) is 12.7. The molecule has 2 N–H and O–H groups in total. The van der Waals surface area contributed by atoms with Gasteiger partial charge in [0.25, 0.3) is 0 Å². The Morgan fingerprint density at radius 3 is 2.10 bits per heavy atom. The highest BCUT2D eigenvalue weighted by Gasteiger charge is 2.30. The Kier molecular flexibility index (Phi) is 3.99. The van der Waals surface area contributed by atoms with E-state index in [1.807, 2.05) is 0 Å². The summed E-state index contributed by atoms with van der Waals surface area (Å²) in [6.07, 6.45) is 1.40. The highest BCUT2D eigenvalue weighted by molar-refractivity contribution is 5.59. The Bertz CT molecular complexity index is 98.1. The van der Waals surface area contributed by atoms with E-state index in [0.29, 0.717) is 6.42 Å². The molecule has 0 aliphatic rings. The van der Waals surface area contributed by atoms with E-state index in [-0.39, 0.29) is 13.2 Å². The third-order valence-corrected chi connectivity index (χ3v) is 1.63. The number of aliphatic hydroxyl groups is 2. The summed E-state index contributed by atoms with van der Waals surface area (Å²) in [6.45, 7) is 1.20. The lowest BCUT2D eigenvalue weighted by atomic mass is 9.89. The summed E-state index contributed by atoms with van der Waals surface area (Å²) in [7, 11) is 0. The fraction of sp³-hybridized carbons (Fsp3) is 0.833. The third-order valence-electron chi connectivity index (χ3n) is 1.63. The van der Waals surface area contributed by atoms with Crippen molar-refractivity contribution in [2.45, 2.75) is 13.3 Å². The second-order valence-electron chi connectivity index (χ2n) is 2.25. The fourth-order valence-corrected chi connectivity index (χ4v) is 0.534. The van der Waals surface area contributed by atoms with Gasteiger partial charge in [-0.15, -0.1) is 0 Å². The van der Waals surface area contributed by atoms with Gasteiger partial charge in [-0.1, -0.05) is 6.92 Å². The van der Waals surface area contributed by atoms with Gasteiger partial charge >= 0.3 is 6.29 Å². The van der Waals surface area contributed by atoms with Gasteiger partial charge in [-0.3, -0.25) is 0 Å². The van der Waals surface area contributed by atoms with E-state index >= 15 is 0 Å². The topological polar surface area (TPSA) is 74.8 Å². The predicted octanol–water partition coefficient (Wildman–Crippen LogP) is -1.62. The van der Waals surface area contributed by atoms with Crippen molar-refractivity contribution in [3.63, 3.8) is 0 Å². The molecule has 0 unspecified atom stereocenters. The summed E-state index contributed by atoms with van der Waals surface area (Å²) >= 11 is 0. The molecule has 0 aromatic carbocycles. The van der Waals surface area contributed by atoms with Crippen LogP contribution in [0.3, 0.4) is 0 Å². The zero-order chi connectivity index (χ0) is 8.04. The van der Waals surface area contributed by atoms with Crippen LogP contribution in [0.1, 0.15) is 13.3 Å². The molecule has 4 nitrogen and oxygen atoms in total. The van der Waals surface area contributed by atoms with Gasteiger partial charge in [-0.05, 0) is 6.42 Å². The van der Waals surface area contributed by atoms with Crippen molar-refractivity contribution in [2.24, 2.45) is 5.41 Å². The molecule has 0 aromatic heterocycles. The number of hydrogen-bond donors (Lipinski definition) is 2. The molecule has 0 aromatic rings. The van der Waals surface area contributed by atoms with Crippen molar-refractivity contribution in [1.29, 1.82) is 0 Å². The molecule has 0 saturated heterocycles. The number of aliphatic hydroxyl groups excluding tert-OH is 2. The standard InChI is InChI=1S/C6H12O4/c1-2-6(3-7,4-8)5-10-9/h5,7-8H,2-4H2,1H3. The Balaban J connectivity index is 4.15. The Hall–Kier alpha value is -0.610. The van der Waals surface area contributed by atoms with E-state index in [1.54, 1.807) is 6.92 Å². The molecule has 0 atom stereocenters. The smallest absolute Gasteiger partial charge is 0.329 e. The SMILES string of the molecule is CCC(C=[O+][O-])(CO)CO. The van der Waals surface area contributed by atoms with Crippen LogP contribution in [-0.2, 0) is 4.58 Å². The average Bonchev–Trinajstić information content (AvgIpc) is 2.01. The molecule has 0 fully saturated rings. The minimum atomic E-state index is -0.873. The van der Waals surface area contributed by atoms with Crippen LogP contribution in [-0.4, -0.2) is 29.7 Å². The van der Waals surface area contributed by atoms with Crippen LogP contribution in [0.25, 0.3) is 0 Å². The van der Waals surface area contributed by atoms with Crippen LogP contribution < -0.4 is 5.26 Å². The van der Waals surface area contributed by atoms with Crippen LogP contribution in [0.4, 0.5) is 0 Å². The minimum Gasteiger partial charge on any atom is -0.463 e. The maximum absolute atomic E-state index is 9.64. The van der Waals surface area contributed by atoms with Crippen molar-refractivity contribution >= 4 is 6.29 Å². The van der Waals surface area contributed by atoms with Gasteiger partial charge in [0, 0.05) is 0 Å². The van der Waals surface area contributed by atoms with E-state index in [9.17, 15) is 5.26 Å². The van der Waals surface area contributed by atoms with Crippen LogP contribution in [0.5, 0.6) is 0 Å². The van der Waals surface area contributed by atoms with E-state index in [1.165, 1.54) is 0 Å². The van der Waals surface area contributed by atoms with E-state index in [2.05, 4.69) is 4.58 Å².